The number of carboxylic acids is 3. The zero-order valence-electron chi connectivity index (χ0n) is 17.4. The van der Waals surface area contributed by atoms with Gasteiger partial charge < -0.3 is 15.3 Å². The molecule has 3 N–H and O–H groups in total. The molecule has 1 saturated heterocycles. The fourth-order valence-corrected chi connectivity index (χ4v) is 3.79. The van der Waals surface area contributed by atoms with Crippen LogP contribution in [0.25, 0.3) is 0 Å². The summed E-state index contributed by atoms with van der Waals surface area (Å²) in [5, 5.41) is 27.9. The second-order valence-corrected chi connectivity index (χ2v) is 7.69. The van der Waals surface area contributed by atoms with Gasteiger partial charge in [0, 0.05) is 38.8 Å². The van der Waals surface area contributed by atoms with Crippen molar-refractivity contribution in [1.82, 2.24) is 14.7 Å². The highest BCUT2D eigenvalue weighted by Gasteiger charge is 2.27. The minimum atomic E-state index is -0.963. The zero-order valence-corrected chi connectivity index (χ0v) is 17.4. The molecule has 2 rings (SSSR count). The van der Waals surface area contributed by atoms with Gasteiger partial charge >= 0.3 is 17.9 Å². The Morgan fingerprint density at radius 1 is 0.800 bits per heavy atom. The molecule has 30 heavy (non-hydrogen) atoms. The van der Waals surface area contributed by atoms with E-state index in [0.29, 0.717) is 39.1 Å². The molecule has 0 aromatic heterocycles. The van der Waals surface area contributed by atoms with E-state index in [1.54, 1.807) is 9.80 Å². The van der Waals surface area contributed by atoms with Gasteiger partial charge in [-0.3, -0.25) is 29.1 Å². The second-order valence-electron chi connectivity index (χ2n) is 7.69. The number of aryl methyl sites for hydroxylation is 1. The first-order valence-corrected chi connectivity index (χ1v) is 10.2. The Morgan fingerprint density at radius 2 is 1.30 bits per heavy atom. The molecule has 1 fully saturated rings. The van der Waals surface area contributed by atoms with Gasteiger partial charge in [-0.2, -0.15) is 0 Å². The summed E-state index contributed by atoms with van der Waals surface area (Å²) in [5.41, 5.74) is 2.27. The summed E-state index contributed by atoms with van der Waals surface area (Å²) in [5.74, 6) is -2.89. The van der Waals surface area contributed by atoms with Gasteiger partial charge in [-0.25, -0.2) is 0 Å². The van der Waals surface area contributed by atoms with Gasteiger partial charge in [0.1, 0.15) is 0 Å². The Labute approximate surface area is 176 Å². The summed E-state index contributed by atoms with van der Waals surface area (Å²) in [6.45, 7) is 3.59. The van der Waals surface area contributed by atoms with E-state index in [2.05, 4.69) is 19.1 Å². The molecule has 9 heteroatoms. The molecule has 1 aromatic carbocycles. The van der Waals surface area contributed by atoms with E-state index >= 15 is 0 Å². The fourth-order valence-electron chi connectivity index (χ4n) is 3.79. The molecule has 1 unspecified atom stereocenters. The predicted octanol–water partition coefficient (Wildman–Crippen LogP) is 0.334. The predicted molar refractivity (Wildman–Crippen MR) is 111 cm³/mol. The maximum absolute atomic E-state index is 11.5. The number of nitrogens with zero attached hydrogens (tertiary/aromatic N) is 3. The van der Waals surface area contributed by atoms with Gasteiger partial charge in [0.15, 0.2) is 0 Å². The third kappa shape index (κ3) is 8.10. The van der Waals surface area contributed by atoms with E-state index in [9.17, 15) is 24.6 Å². The average molecular weight is 421 g/mol. The largest absolute Gasteiger partial charge is 0.480 e. The highest BCUT2D eigenvalue weighted by atomic mass is 16.4. The van der Waals surface area contributed by atoms with E-state index in [4.69, 9.17) is 5.11 Å². The highest BCUT2D eigenvalue weighted by Crippen LogP contribution is 2.15. The topological polar surface area (TPSA) is 122 Å². The third-order valence-corrected chi connectivity index (χ3v) is 5.38. The minimum absolute atomic E-state index is 0.162. The lowest BCUT2D eigenvalue weighted by molar-refractivity contribution is -0.140. The SMILES string of the molecule is CCc1ccc(CC2CN(CC(=O)O)CCN(CC(=O)O)CCN2CC(=O)O)cc1. The van der Waals surface area contributed by atoms with Crippen LogP contribution in [0.3, 0.4) is 0 Å². The van der Waals surface area contributed by atoms with Crippen LogP contribution >= 0.6 is 0 Å². The van der Waals surface area contributed by atoms with Crippen molar-refractivity contribution in [2.75, 3.05) is 52.4 Å². The van der Waals surface area contributed by atoms with Crippen LogP contribution in [0.15, 0.2) is 24.3 Å². The molecule has 166 valence electrons. The van der Waals surface area contributed by atoms with Gasteiger partial charge in [-0.15, -0.1) is 0 Å². The number of carbonyl (C=O) groups is 3. The van der Waals surface area contributed by atoms with Crippen molar-refractivity contribution in [3.8, 4) is 0 Å². The molecular formula is C21H31N3O6. The van der Waals surface area contributed by atoms with Gasteiger partial charge in [-0.1, -0.05) is 31.2 Å². The molecule has 9 nitrogen and oxygen atoms in total. The summed E-state index contributed by atoms with van der Waals surface area (Å²) in [4.78, 5) is 39.3. The monoisotopic (exact) mass is 421 g/mol. The highest BCUT2D eigenvalue weighted by molar-refractivity contribution is 5.70. The Balaban J connectivity index is 2.26. The van der Waals surface area contributed by atoms with Gasteiger partial charge in [0.2, 0.25) is 0 Å². The number of rotatable bonds is 9. The summed E-state index contributed by atoms with van der Waals surface area (Å²) >= 11 is 0. The molecular weight excluding hydrogens is 390 g/mol. The molecule has 1 aromatic rings. The van der Waals surface area contributed by atoms with E-state index in [-0.39, 0.29) is 25.7 Å². The Hall–Kier alpha value is -2.49. The first kappa shape index (κ1) is 23.8. The zero-order chi connectivity index (χ0) is 22.1. The summed E-state index contributed by atoms with van der Waals surface area (Å²) in [6.07, 6.45) is 1.52. The van der Waals surface area contributed by atoms with Crippen LogP contribution in [0.4, 0.5) is 0 Å². The molecule has 1 heterocycles. The lowest BCUT2D eigenvalue weighted by Crippen LogP contribution is -2.49. The standard InChI is InChI=1S/C21H31N3O6/c1-2-16-3-5-17(6-4-16)11-18-12-23(14-20(27)28)8-7-22(13-19(25)26)9-10-24(18)15-21(29)30/h3-6,18H,2,7-15H2,1H3,(H,25,26)(H,27,28)(H,29,30). The Morgan fingerprint density at radius 3 is 1.87 bits per heavy atom. The molecule has 1 aliphatic heterocycles. The maximum Gasteiger partial charge on any atom is 0.317 e. The van der Waals surface area contributed by atoms with Crippen LogP contribution in [0, 0.1) is 0 Å². The van der Waals surface area contributed by atoms with Crippen LogP contribution in [-0.2, 0) is 27.2 Å². The molecule has 0 saturated carbocycles. The van der Waals surface area contributed by atoms with Crippen molar-refractivity contribution in [1.29, 1.82) is 0 Å². The quantitative estimate of drug-likeness (QED) is 0.518. The Kier molecular flexibility index (Phi) is 9.22. The lowest BCUT2D eigenvalue weighted by atomic mass is 10.0. The van der Waals surface area contributed by atoms with Crippen LogP contribution in [0.2, 0.25) is 0 Å². The first-order chi connectivity index (χ1) is 14.3. The first-order valence-electron chi connectivity index (χ1n) is 10.2. The lowest BCUT2D eigenvalue weighted by Gasteiger charge is -2.33. The second kappa shape index (κ2) is 11.6. The molecule has 0 radical (unpaired) electrons. The van der Waals surface area contributed by atoms with Crippen LogP contribution in [0.1, 0.15) is 18.1 Å². The number of hydrogen-bond donors (Lipinski definition) is 3. The van der Waals surface area contributed by atoms with Crippen molar-refractivity contribution in [2.24, 2.45) is 0 Å². The summed E-state index contributed by atoms with van der Waals surface area (Å²) < 4.78 is 0. The number of aliphatic carboxylic acids is 3. The van der Waals surface area contributed by atoms with Crippen molar-refractivity contribution >= 4 is 17.9 Å². The van der Waals surface area contributed by atoms with E-state index < -0.39 is 17.9 Å². The average Bonchev–Trinajstić information content (AvgIpc) is 2.73. The molecule has 0 amide bonds. The fraction of sp³-hybridized carbons (Fsp3) is 0.571. The van der Waals surface area contributed by atoms with Crippen molar-refractivity contribution < 1.29 is 29.7 Å². The van der Waals surface area contributed by atoms with Crippen molar-refractivity contribution in [3.63, 3.8) is 0 Å². The maximum atomic E-state index is 11.5. The minimum Gasteiger partial charge on any atom is -0.480 e. The van der Waals surface area contributed by atoms with Crippen LogP contribution in [0.5, 0.6) is 0 Å². The van der Waals surface area contributed by atoms with Crippen molar-refractivity contribution in [2.45, 2.75) is 25.8 Å². The molecule has 1 aliphatic rings. The summed E-state index contributed by atoms with van der Waals surface area (Å²) in [7, 11) is 0. The number of hydrogen-bond acceptors (Lipinski definition) is 6. The summed E-state index contributed by atoms with van der Waals surface area (Å²) in [6, 6.07) is 7.97. The van der Waals surface area contributed by atoms with E-state index in [0.717, 1.165) is 12.0 Å². The molecule has 1 atom stereocenters. The smallest absolute Gasteiger partial charge is 0.317 e. The third-order valence-electron chi connectivity index (χ3n) is 5.38. The van der Waals surface area contributed by atoms with Crippen molar-refractivity contribution in [3.05, 3.63) is 35.4 Å². The van der Waals surface area contributed by atoms with Crippen LogP contribution < -0.4 is 0 Å². The van der Waals surface area contributed by atoms with E-state index in [1.165, 1.54) is 5.56 Å². The van der Waals surface area contributed by atoms with Gasteiger partial charge in [0.25, 0.3) is 0 Å². The Bertz CT molecular complexity index is 724. The molecule has 0 bridgehead atoms. The van der Waals surface area contributed by atoms with E-state index in [1.807, 2.05) is 17.0 Å². The number of benzene rings is 1. The van der Waals surface area contributed by atoms with Gasteiger partial charge in [0.05, 0.1) is 19.6 Å². The number of carboxylic acid groups (broad SMARTS) is 3. The molecule has 0 aliphatic carbocycles. The molecule has 0 spiro atoms. The van der Waals surface area contributed by atoms with Gasteiger partial charge in [-0.05, 0) is 24.0 Å². The van der Waals surface area contributed by atoms with Crippen LogP contribution in [-0.4, -0.2) is 106 Å². The normalized spacial score (nSPS) is 19.6.